The van der Waals surface area contributed by atoms with Gasteiger partial charge in [0, 0.05) is 13.2 Å². The first-order valence-corrected chi connectivity index (χ1v) is 16.5. The Morgan fingerprint density at radius 1 is 0.229 bits per heavy atom. The van der Waals surface area contributed by atoms with Crippen LogP contribution in [0.3, 0.4) is 0 Å². The van der Waals surface area contributed by atoms with Crippen LogP contribution in [0.15, 0.2) is 0 Å². The van der Waals surface area contributed by atoms with E-state index >= 15 is 0 Å². The molecule has 0 aromatic carbocycles. The van der Waals surface area contributed by atoms with Gasteiger partial charge < -0.3 is 10.2 Å². The molecule has 0 fully saturated rings. The van der Waals surface area contributed by atoms with Gasteiger partial charge in [-0.1, -0.05) is 187 Å². The summed E-state index contributed by atoms with van der Waals surface area (Å²) in [5.74, 6) is 0. The number of hydrogen-bond acceptors (Lipinski definition) is 2. The van der Waals surface area contributed by atoms with Crippen LogP contribution in [0.5, 0.6) is 0 Å². The quantitative estimate of drug-likeness (QED) is 0.101. The molecule has 0 aliphatic rings. The minimum Gasteiger partial charge on any atom is -0.396 e. The van der Waals surface area contributed by atoms with Crippen molar-refractivity contribution in [3.8, 4) is 0 Å². The summed E-state index contributed by atoms with van der Waals surface area (Å²) in [5, 5.41) is 17.3. The molecule has 0 bridgehead atoms. The van der Waals surface area contributed by atoms with Gasteiger partial charge in [0.1, 0.15) is 0 Å². The van der Waals surface area contributed by atoms with Gasteiger partial charge in [-0.05, 0) is 12.8 Å². The highest BCUT2D eigenvalue weighted by atomic mass is 16.3. The van der Waals surface area contributed by atoms with Crippen molar-refractivity contribution in [2.75, 3.05) is 13.2 Å². The van der Waals surface area contributed by atoms with Gasteiger partial charge in [0.15, 0.2) is 0 Å². The van der Waals surface area contributed by atoms with Crippen molar-refractivity contribution in [1.29, 1.82) is 0 Å². The van der Waals surface area contributed by atoms with Crippen LogP contribution in [-0.2, 0) is 0 Å². The molecule has 35 heavy (non-hydrogen) atoms. The lowest BCUT2D eigenvalue weighted by Gasteiger charge is -2.02. The number of aliphatic hydroxyl groups is 2. The molecular formula is C33H70O2. The average molecular weight is 499 g/mol. The first-order valence-electron chi connectivity index (χ1n) is 16.5. The zero-order valence-electron chi connectivity index (χ0n) is 24.8. The van der Waals surface area contributed by atoms with Crippen molar-refractivity contribution >= 4 is 0 Å². The van der Waals surface area contributed by atoms with Gasteiger partial charge in [-0.2, -0.15) is 0 Å². The van der Waals surface area contributed by atoms with Crippen molar-refractivity contribution in [3.05, 3.63) is 0 Å². The standard InChI is InChI=1S/C17H36O.C16H34O/c1-2-3-4-5-6-7-8-9-10-11-12-13-14-15-16-17-18;1-2-3-4-5-6-7-8-9-10-11-12-13-14-15-16-17/h18H,2-17H2,1H3;17H,2-16H2,1H3. The topological polar surface area (TPSA) is 40.5 Å². The summed E-state index contributed by atoms with van der Waals surface area (Å²) in [6.07, 6.45) is 39.9. The first-order chi connectivity index (χ1) is 17.3. The molecule has 0 aromatic heterocycles. The van der Waals surface area contributed by atoms with E-state index in [1.165, 1.54) is 173 Å². The molecule has 0 saturated heterocycles. The summed E-state index contributed by atoms with van der Waals surface area (Å²) < 4.78 is 0. The zero-order valence-corrected chi connectivity index (χ0v) is 24.8. The predicted molar refractivity (Wildman–Crippen MR) is 159 cm³/mol. The van der Waals surface area contributed by atoms with Crippen LogP contribution in [0, 0.1) is 0 Å². The van der Waals surface area contributed by atoms with Crippen LogP contribution in [0.25, 0.3) is 0 Å². The van der Waals surface area contributed by atoms with Crippen molar-refractivity contribution in [3.63, 3.8) is 0 Å². The lowest BCUT2D eigenvalue weighted by molar-refractivity contribution is 0.282. The smallest absolute Gasteiger partial charge is 0.0431 e. The van der Waals surface area contributed by atoms with E-state index in [2.05, 4.69) is 13.8 Å². The highest BCUT2D eigenvalue weighted by molar-refractivity contribution is 4.50. The van der Waals surface area contributed by atoms with Gasteiger partial charge >= 0.3 is 0 Å². The Hall–Kier alpha value is -0.0800. The lowest BCUT2D eigenvalue weighted by atomic mass is 10.0. The van der Waals surface area contributed by atoms with Gasteiger partial charge in [0.05, 0.1) is 0 Å². The predicted octanol–water partition coefficient (Wildman–Crippen LogP) is 11.3. The van der Waals surface area contributed by atoms with Gasteiger partial charge in [-0.25, -0.2) is 0 Å². The minimum atomic E-state index is 0.373. The fourth-order valence-corrected chi connectivity index (χ4v) is 4.79. The molecule has 0 saturated carbocycles. The molecule has 0 aliphatic carbocycles. The van der Waals surface area contributed by atoms with Crippen LogP contribution in [0.2, 0.25) is 0 Å². The summed E-state index contributed by atoms with van der Waals surface area (Å²) in [7, 11) is 0. The van der Waals surface area contributed by atoms with E-state index < -0.39 is 0 Å². The Bertz CT molecular complexity index is 288. The Morgan fingerprint density at radius 3 is 0.514 bits per heavy atom. The van der Waals surface area contributed by atoms with Gasteiger partial charge in [0.25, 0.3) is 0 Å². The van der Waals surface area contributed by atoms with Crippen molar-refractivity contribution in [1.82, 2.24) is 0 Å². The molecule has 0 spiro atoms. The third kappa shape index (κ3) is 41.3. The number of unbranched alkanes of at least 4 members (excludes halogenated alkanes) is 27. The summed E-state index contributed by atoms with van der Waals surface area (Å²) in [6.45, 7) is 5.31. The normalized spacial score (nSPS) is 11.0. The van der Waals surface area contributed by atoms with Crippen molar-refractivity contribution in [2.24, 2.45) is 0 Å². The fraction of sp³-hybridized carbons (Fsp3) is 1.00. The SMILES string of the molecule is CCCCCCCCCCCCCCCCCO.CCCCCCCCCCCCCCCCO. The van der Waals surface area contributed by atoms with Crippen LogP contribution >= 0.6 is 0 Å². The molecule has 2 heteroatoms. The third-order valence-electron chi connectivity index (χ3n) is 7.27. The second-order valence-electron chi connectivity index (χ2n) is 11.0. The number of rotatable bonds is 29. The second-order valence-corrected chi connectivity index (χ2v) is 11.0. The summed E-state index contributed by atoms with van der Waals surface area (Å²) >= 11 is 0. The molecule has 0 unspecified atom stereocenters. The molecule has 0 rings (SSSR count). The molecule has 0 aliphatic heterocycles. The van der Waals surface area contributed by atoms with E-state index in [1.54, 1.807) is 0 Å². The van der Waals surface area contributed by atoms with E-state index in [0.29, 0.717) is 13.2 Å². The molecule has 0 aromatic rings. The first kappa shape index (κ1) is 37.1. The molecule has 0 heterocycles. The lowest BCUT2D eigenvalue weighted by Crippen LogP contribution is -1.85. The van der Waals surface area contributed by atoms with Gasteiger partial charge in [-0.15, -0.1) is 0 Å². The Balaban J connectivity index is 0. The monoisotopic (exact) mass is 499 g/mol. The van der Waals surface area contributed by atoms with Crippen LogP contribution < -0.4 is 0 Å². The Kier molecular flexibility index (Phi) is 40.7. The molecular weight excluding hydrogens is 428 g/mol. The summed E-state index contributed by atoms with van der Waals surface area (Å²) in [5.41, 5.74) is 0. The van der Waals surface area contributed by atoms with Crippen molar-refractivity contribution < 1.29 is 10.2 Å². The van der Waals surface area contributed by atoms with Crippen LogP contribution in [-0.4, -0.2) is 23.4 Å². The minimum absolute atomic E-state index is 0.373. The second kappa shape index (κ2) is 38.5. The van der Waals surface area contributed by atoms with Crippen LogP contribution in [0.4, 0.5) is 0 Å². The van der Waals surface area contributed by atoms with E-state index in [-0.39, 0.29) is 0 Å². The fourth-order valence-electron chi connectivity index (χ4n) is 4.79. The largest absolute Gasteiger partial charge is 0.396 e. The van der Waals surface area contributed by atoms with E-state index in [9.17, 15) is 0 Å². The Labute approximate surface area is 223 Å². The van der Waals surface area contributed by atoms with Gasteiger partial charge in [-0.3, -0.25) is 0 Å². The Morgan fingerprint density at radius 2 is 0.371 bits per heavy atom. The maximum atomic E-state index is 8.66. The third-order valence-corrected chi connectivity index (χ3v) is 7.27. The molecule has 0 amide bonds. The highest BCUT2D eigenvalue weighted by Gasteiger charge is 1.95. The summed E-state index contributed by atoms with van der Waals surface area (Å²) in [4.78, 5) is 0. The maximum Gasteiger partial charge on any atom is 0.0431 e. The molecule has 2 N–H and O–H groups in total. The van der Waals surface area contributed by atoms with E-state index in [4.69, 9.17) is 10.2 Å². The molecule has 214 valence electrons. The maximum absolute atomic E-state index is 8.66. The van der Waals surface area contributed by atoms with E-state index in [1.807, 2.05) is 0 Å². The van der Waals surface area contributed by atoms with Crippen molar-refractivity contribution in [2.45, 2.75) is 200 Å². The van der Waals surface area contributed by atoms with Crippen LogP contribution in [0.1, 0.15) is 200 Å². The van der Waals surface area contributed by atoms with E-state index in [0.717, 1.165) is 12.8 Å². The highest BCUT2D eigenvalue weighted by Crippen LogP contribution is 2.14. The number of aliphatic hydroxyl groups excluding tert-OH is 2. The molecule has 0 radical (unpaired) electrons. The molecule has 2 nitrogen and oxygen atoms in total. The zero-order chi connectivity index (χ0) is 25.9. The van der Waals surface area contributed by atoms with Gasteiger partial charge in [0.2, 0.25) is 0 Å². The number of hydrogen-bond donors (Lipinski definition) is 2. The summed E-state index contributed by atoms with van der Waals surface area (Å²) in [6, 6.07) is 0. The average Bonchev–Trinajstić information content (AvgIpc) is 2.87. The molecule has 0 atom stereocenters.